The fourth-order valence-corrected chi connectivity index (χ4v) is 1.49. The maximum absolute atomic E-state index is 11.6. The highest BCUT2D eigenvalue weighted by Crippen LogP contribution is 2.12. The first-order chi connectivity index (χ1) is 8.26. The number of likely N-dealkylation sites (N-methyl/N-ethyl adjacent to an activating group) is 1. The van der Waals surface area contributed by atoms with Crippen LogP contribution in [0.1, 0.15) is 33.6 Å². The molecule has 7 heteroatoms. The quantitative estimate of drug-likeness (QED) is 0.541. The summed E-state index contributed by atoms with van der Waals surface area (Å²) in [5.41, 5.74) is -1.33. The first kappa shape index (κ1) is 16.2. The second-order valence-electron chi connectivity index (χ2n) is 4.32. The summed E-state index contributed by atoms with van der Waals surface area (Å²) in [5, 5.41) is 16.2. The van der Waals surface area contributed by atoms with E-state index in [0.29, 0.717) is 12.8 Å². The Kier molecular flexibility index (Phi) is 6.15. The molecule has 0 rings (SSSR count). The lowest BCUT2D eigenvalue weighted by atomic mass is 9.97. The van der Waals surface area contributed by atoms with Crippen LogP contribution in [-0.4, -0.2) is 41.6 Å². The van der Waals surface area contributed by atoms with Gasteiger partial charge >= 0.3 is 12.0 Å². The zero-order valence-electron chi connectivity index (χ0n) is 11.2. The lowest BCUT2D eigenvalue weighted by Crippen LogP contribution is -2.57. The van der Waals surface area contributed by atoms with Crippen LogP contribution in [0.5, 0.6) is 0 Å². The maximum Gasteiger partial charge on any atom is 0.329 e. The van der Waals surface area contributed by atoms with Gasteiger partial charge in [0, 0.05) is 7.05 Å². The van der Waals surface area contributed by atoms with Crippen molar-refractivity contribution in [2.45, 2.75) is 45.2 Å². The summed E-state index contributed by atoms with van der Waals surface area (Å²) in [7, 11) is 1.46. The molecule has 0 heterocycles. The lowest BCUT2D eigenvalue weighted by Gasteiger charge is -2.26. The first-order valence-corrected chi connectivity index (χ1v) is 5.80. The average molecular weight is 259 g/mol. The Morgan fingerprint density at radius 2 is 1.89 bits per heavy atom. The minimum Gasteiger partial charge on any atom is -0.480 e. The Balaban J connectivity index is 4.53. The summed E-state index contributed by atoms with van der Waals surface area (Å²) >= 11 is 0. The molecule has 18 heavy (non-hydrogen) atoms. The van der Waals surface area contributed by atoms with Gasteiger partial charge in [-0.15, -0.1) is 0 Å². The molecule has 0 radical (unpaired) electrons. The monoisotopic (exact) mass is 259 g/mol. The third-order valence-electron chi connectivity index (χ3n) is 2.60. The molecule has 2 atom stereocenters. The minimum absolute atomic E-state index is 0.310. The highest BCUT2D eigenvalue weighted by Gasteiger charge is 2.34. The van der Waals surface area contributed by atoms with E-state index in [-0.39, 0.29) is 5.91 Å². The number of hydrogen-bond donors (Lipinski definition) is 4. The molecule has 4 N–H and O–H groups in total. The maximum atomic E-state index is 11.6. The molecule has 0 saturated heterocycles. The normalized spacial score (nSPS) is 15.1. The summed E-state index contributed by atoms with van der Waals surface area (Å²) in [6.07, 6.45) is 0.929. The number of carbonyl (C=O) groups is 3. The van der Waals surface area contributed by atoms with Crippen molar-refractivity contribution >= 4 is 17.9 Å². The van der Waals surface area contributed by atoms with Gasteiger partial charge in [0.25, 0.3) is 0 Å². The van der Waals surface area contributed by atoms with Crippen molar-refractivity contribution in [2.24, 2.45) is 0 Å². The van der Waals surface area contributed by atoms with Gasteiger partial charge in [0.1, 0.15) is 11.6 Å². The molecule has 0 aliphatic rings. The van der Waals surface area contributed by atoms with Crippen molar-refractivity contribution in [3.05, 3.63) is 0 Å². The lowest BCUT2D eigenvalue weighted by molar-refractivity contribution is -0.144. The molecule has 0 aromatic rings. The second kappa shape index (κ2) is 6.83. The van der Waals surface area contributed by atoms with Gasteiger partial charge in [0.05, 0.1) is 0 Å². The predicted molar refractivity (Wildman–Crippen MR) is 66.1 cm³/mol. The molecule has 0 aromatic heterocycles. The number of carboxylic acids is 1. The van der Waals surface area contributed by atoms with E-state index in [2.05, 4.69) is 16.0 Å². The van der Waals surface area contributed by atoms with Crippen molar-refractivity contribution in [2.75, 3.05) is 7.05 Å². The van der Waals surface area contributed by atoms with Crippen LogP contribution in [0.25, 0.3) is 0 Å². The Morgan fingerprint density at radius 1 is 1.33 bits per heavy atom. The van der Waals surface area contributed by atoms with Crippen LogP contribution in [0.3, 0.4) is 0 Å². The van der Waals surface area contributed by atoms with Gasteiger partial charge in [0.2, 0.25) is 5.91 Å². The number of carboxylic acid groups (broad SMARTS) is 1. The Hall–Kier alpha value is -1.79. The van der Waals surface area contributed by atoms with Crippen LogP contribution in [0.4, 0.5) is 4.79 Å². The standard InChI is InChI=1S/C11H21N3O4/c1-5-6-11(3,9(16)17)14-10(18)13-7(2)8(15)12-4/h7H,5-6H2,1-4H3,(H,12,15)(H,16,17)(H2,13,14,18). The van der Waals surface area contributed by atoms with Gasteiger partial charge in [-0.3, -0.25) is 4.79 Å². The van der Waals surface area contributed by atoms with E-state index in [9.17, 15) is 14.4 Å². The molecular formula is C11H21N3O4. The Labute approximate surface area is 106 Å². The predicted octanol–water partition coefficient (Wildman–Crippen LogP) is 0.0635. The van der Waals surface area contributed by atoms with E-state index in [4.69, 9.17) is 5.11 Å². The van der Waals surface area contributed by atoms with E-state index >= 15 is 0 Å². The van der Waals surface area contributed by atoms with Gasteiger partial charge in [-0.1, -0.05) is 13.3 Å². The van der Waals surface area contributed by atoms with Crippen molar-refractivity contribution < 1.29 is 19.5 Å². The third-order valence-corrected chi connectivity index (χ3v) is 2.60. The average Bonchev–Trinajstić information content (AvgIpc) is 2.27. The van der Waals surface area contributed by atoms with Crippen LogP contribution in [0.15, 0.2) is 0 Å². The van der Waals surface area contributed by atoms with Crippen molar-refractivity contribution in [1.82, 2.24) is 16.0 Å². The summed E-state index contributed by atoms with van der Waals surface area (Å²) < 4.78 is 0. The SMILES string of the molecule is CCCC(C)(NC(=O)NC(C)C(=O)NC)C(=O)O. The second-order valence-corrected chi connectivity index (χ2v) is 4.32. The minimum atomic E-state index is -1.33. The van der Waals surface area contributed by atoms with Gasteiger partial charge in [-0.2, -0.15) is 0 Å². The van der Waals surface area contributed by atoms with Crippen LogP contribution in [0.2, 0.25) is 0 Å². The molecule has 0 bridgehead atoms. The van der Waals surface area contributed by atoms with E-state index in [1.807, 2.05) is 6.92 Å². The number of hydrogen-bond acceptors (Lipinski definition) is 3. The Morgan fingerprint density at radius 3 is 2.28 bits per heavy atom. The third kappa shape index (κ3) is 4.60. The molecule has 7 nitrogen and oxygen atoms in total. The molecule has 0 aliphatic heterocycles. The van der Waals surface area contributed by atoms with Gasteiger partial charge < -0.3 is 21.1 Å². The van der Waals surface area contributed by atoms with E-state index < -0.39 is 23.6 Å². The van der Waals surface area contributed by atoms with Crippen molar-refractivity contribution in [1.29, 1.82) is 0 Å². The molecule has 0 saturated carbocycles. The zero-order chi connectivity index (χ0) is 14.3. The molecule has 0 aliphatic carbocycles. The number of carbonyl (C=O) groups excluding carboxylic acids is 2. The number of nitrogens with one attached hydrogen (secondary N) is 3. The van der Waals surface area contributed by atoms with E-state index in [0.717, 1.165) is 0 Å². The van der Waals surface area contributed by atoms with Gasteiger partial charge in [-0.25, -0.2) is 9.59 Å². The van der Waals surface area contributed by atoms with Gasteiger partial charge in [-0.05, 0) is 20.3 Å². The molecule has 3 amide bonds. The van der Waals surface area contributed by atoms with Crippen LogP contribution in [-0.2, 0) is 9.59 Å². The van der Waals surface area contributed by atoms with Crippen LogP contribution < -0.4 is 16.0 Å². The number of amides is 3. The number of rotatable bonds is 6. The fraction of sp³-hybridized carbons (Fsp3) is 0.727. The van der Waals surface area contributed by atoms with Crippen LogP contribution in [0, 0.1) is 0 Å². The number of urea groups is 1. The van der Waals surface area contributed by atoms with Crippen molar-refractivity contribution in [3.8, 4) is 0 Å². The summed E-state index contributed by atoms with van der Waals surface area (Å²) in [6.45, 7) is 4.77. The summed E-state index contributed by atoms with van der Waals surface area (Å²) in [4.78, 5) is 33.9. The highest BCUT2D eigenvalue weighted by atomic mass is 16.4. The number of aliphatic carboxylic acids is 1. The van der Waals surface area contributed by atoms with Gasteiger partial charge in [0.15, 0.2) is 0 Å². The largest absolute Gasteiger partial charge is 0.480 e. The molecule has 104 valence electrons. The topological polar surface area (TPSA) is 108 Å². The molecule has 2 unspecified atom stereocenters. The molecular weight excluding hydrogens is 238 g/mol. The fourth-order valence-electron chi connectivity index (χ4n) is 1.49. The molecule has 0 fully saturated rings. The van der Waals surface area contributed by atoms with E-state index in [1.165, 1.54) is 20.9 Å². The summed E-state index contributed by atoms with van der Waals surface area (Å²) in [6, 6.07) is -1.40. The smallest absolute Gasteiger partial charge is 0.329 e. The van der Waals surface area contributed by atoms with Crippen LogP contribution >= 0.6 is 0 Å². The zero-order valence-corrected chi connectivity index (χ0v) is 11.2. The van der Waals surface area contributed by atoms with Crippen molar-refractivity contribution in [3.63, 3.8) is 0 Å². The first-order valence-electron chi connectivity index (χ1n) is 5.80. The molecule has 0 aromatic carbocycles. The highest BCUT2D eigenvalue weighted by molar-refractivity contribution is 5.89. The summed E-state index contributed by atoms with van der Waals surface area (Å²) in [5.74, 6) is -1.45. The molecule has 0 spiro atoms. The van der Waals surface area contributed by atoms with E-state index in [1.54, 1.807) is 0 Å². The Bertz CT molecular complexity index is 332.